The molecule has 4 heteroatoms. The number of nitriles is 1. The summed E-state index contributed by atoms with van der Waals surface area (Å²) in [7, 11) is 3.92. The van der Waals surface area contributed by atoms with Gasteiger partial charge in [-0.15, -0.1) is 0 Å². The number of rotatable bonds is 3. The predicted octanol–water partition coefficient (Wildman–Crippen LogP) is 2.32. The number of nitrogens with zero attached hydrogens (tertiary/aromatic N) is 2. The monoisotopic (exact) mass is 281 g/mol. The van der Waals surface area contributed by atoms with Crippen LogP contribution in [0.25, 0.3) is 10.8 Å². The molecule has 1 saturated heterocycles. The topological polar surface area (TPSA) is 56.5 Å². The molecule has 1 aliphatic heterocycles. The van der Waals surface area contributed by atoms with E-state index in [9.17, 15) is 5.11 Å². The average molecular weight is 281 g/mol. The predicted molar refractivity (Wildman–Crippen MR) is 80.6 cm³/mol. The molecule has 0 amide bonds. The molecule has 3 rings (SSSR count). The molecule has 1 heterocycles. The van der Waals surface area contributed by atoms with E-state index in [1.54, 1.807) is 6.07 Å². The van der Waals surface area contributed by atoms with Crippen molar-refractivity contribution in [3.8, 4) is 11.8 Å². The molecule has 2 aromatic carbocycles. The smallest absolute Gasteiger partial charge is 0.127 e. The standard InChI is InChI=1S/C17H17N2O2/c1-19-10-14(20)8-13(19)11-21-17-7-6-12(9-18)15-4-2-3-5-16(15)17/h2-7,13-14,20H,1,8,10-11H2/q-1/t13-,14-/m1/s1. The van der Waals surface area contributed by atoms with Gasteiger partial charge in [-0.05, 0) is 25.1 Å². The second-order valence-corrected chi connectivity index (χ2v) is 5.39. The van der Waals surface area contributed by atoms with Gasteiger partial charge in [0.2, 0.25) is 0 Å². The molecule has 0 saturated carbocycles. The normalized spacial score (nSPS) is 22.3. The highest BCUT2D eigenvalue weighted by Crippen LogP contribution is 2.29. The van der Waals surface area contributed by atoms with Crippen LogP contribution >= 0.6 is 0 Å². The molecule has 2 aromatic rings. The van der Waals surface area contributed by atoms with Gasteiger partial charge in [-0.1, -0.05) is 24.3 Å². The highest BCUT2D eigenvalue weighted by Gasteiger charge is 2.24. The van der Waals surface area contributed by atoms with E-state index in [0.717, 1.165) is 16.5 Å². The molecular weight excluding hydrogens is 264 g/mol. The van der Waals surface area contributed by atoms with E-state index in [-0.39, 0.29) is 12.1 Å². The zero-order valence-electron chi connectivity index (χ0n) is 11.7. The third kappa shape index (κ3) is 2.71. The molecule has 0 aliphatic carbocycles. The molecule has 108 valence electrons. The zero-order valence-corrected chi connectivity index (χ0v) is 11.7. The number of β-amino-alcohol motifs (C(OH)–C–C–N with tert-alkyl or cyclic N) is 1. The fraction of sp³-hybridized carbons (Fsp3) is 0.294. The molecule has 0 unspecified atom stereocenters. The summed E-state index contributed by atoms with van der Waals surface area (Å²) >= 11 is 0. The van der Waals surface area contributed by atoms with Gasteiger partial charge in [0.15, 0.2) is 0 Å². The first-order chi connectivity index (χ1) is 10.2. The molecule has 0 radical (unpaired) electrons. The van der Waals surface area contributed by atoms with Gasteiger partial charge in [-0.3, -0.25) is 7.05 Å². The lowest BCUT2D eigenvalue weighted by atomic mass is 10.0. The number of benzene rings is 2. The number of aliphatic hydroxyl groups excluding tert-OH is 1. The summed E-state index contributed by atoms with van der Waals surface area (Å²) in [5.41, 5.74) is 0.646. The van der Waals surface area contributed by atoms with Crippen LogP contribution in [0.5, 0.6) is 5.75 Å². The Morgan fingerprint density at radius 2 is 2.05 bits per heavy atom. The van der Waals surface area contributed by atoms with Gasteiger partial charge in [-0.25, -0.2) is 0 Å². The molecule has 0 aromatic heterocycles. The van der Waals surface area contributed by atoms with Crippen molar-refractivity contribution in [2.24, 2.45) is 0 Å². The first-order valence-electron chi connectivity index (χ1n) is 6.99. The highest BCUT2D eigenvalue weighted by molar-refractivity contribution is 5.92. The van der Waals surface area contributed by atoms with Gasteiger partial charge < -0.3 is 14.7 Å². The molecule has 4 nitrogen and oxygen atoms in total. The van der Waals surface area contributed by atoms with Crippen LogP contribution in [0.3, 0.4) is 0 Å². The Hall–Kier alpha value is -2.09. The molecule has 0 spiro atoms. The first-order valence-corrected chi connectivity index (χ1v) is 6.99. The summed E-state index contributed by atoms with van der Waals surface area (Å²) in [5.74, 6) is 0.763. The second-order valence-electron chi connectivity index (χ2n) is 5.39. The maximum atomic E-state index is 9.63. The Bertz CT molecular complexity index is 693. The Morgan fingerprint density at radius 1 is 1.29 bits per heavy atom. The van der Waals surface area contributed by atoms with Gasteiger partial charge in [-0.2, -0.15) is 5.26 Å². The van der Waals surface area contributed by atoms with Crippen molar-refractivity contribution < 1.29 is 9.84 Å². The lowest BCUT2D eigenvalue weighted by Gasteiger charge is -2.26. The summed E-state index contributed by atoms with van der Waals surface area (Å²) in [4.78, 5) is 1.87. The third-order valence-electron chi connectivity index (χ3n) is 3.94. The summed E-state index contributed by atoms with van der Waals surface area (Å²) < 4.78 is 5.92. The van der Waals surface area contributed by atoms with Crippen molar-refractivity contribution in [2.45, 2.75) is 18.6 Å². The largest absolute Gasteiger partial charge is 0.491 e. The Morgan fingerprint density at radius 3 is 2.71 bits per heavy atom. The fourth-order valence-corrected chi connectivity index (χ4v) is 2.81. The van der Waals surface area contributed by atoms with Crippen LogP contribution in [0.2, 0.25) is 0 Å². The van der Waals surface area contributed by atoms with Crippen LogP contribution < -0.4 is 4.74 Å². The van der Waals surface area contributed by atoms with Gasteiger partial charge >= 0.3 is 0 Å². The minimum Gasteiger partial charge on any atom is -0.491 e. The molecule has 0 bridgehead atoms. The van der Waals surface area contributed by atoms with Gasteiger partial charge in [0.05, 0.1) is 17.7 Å². The number of hydrogen-bond donors (Lipinski definition) is 1. The van der Waals surface area contributed by atoms with Crippen molar-refractivity contribution >= 4 is 10.8 Å². The van der Waals surface area contributed by atoms with Crippen LogP contribution in [-0.4, -0.2) is 35.3 Å². The summed E-state index contributed by atoms with van der Waals surface area (Å²) in [6, 6.07) is 13.7. The Kier molecular flexibility index (Phi) is 3.78. The van der Waals surface area contributed by atoms with E-state index in [4.69, 9.17) is 10.00 Å². The van der Waals surface area contributed by atoms with Crippen molar-refractivity contribution in [3.63, 3.8) is 0 Å². The maximum absolute atomic E-state index is 9.63. The van der Waals surface area contributed by atoms with E-state index in [0.29, 0.717) is 25.1 Å². The van der Waals surface area contributed by atoms with Crippen LogP contribution in [0.4, 0.5) is 0 Å². The lowest BCUT2D eigenvalue weighted by Crippen LogP contribution is -2.29. The average Bonchev–Trinajstić information content (AvgIpc) is 2.82. The van der Waals surface area contributed by atoms with Crippen LogP contribution in [0.1, 0.15) is 12.0 Å². The number of aliphatic hydroxyl groups is 1. The maximum Gasteiger partial charge on any atom is 0.127 e. The van der Waals surface area contributed by atoms with Crippen LogP contribution in [0, 0.1) is 18.4 Å². The highest BCUT2D eigenvalue weighted by atomic mass is 16.5. The Balaban J connectivity index is 1.83. The molecule has 21 heavy (non-hydrogen) atoms. The number of fused-ring (bicyclic) bond motifs is 1. The van der Waals surface area contributed by atoms with E-state index in [1.807, 2.05) is 35.2 Å². The van der Waals surface area contributed by atoms with E-state index in [2.05, 4.69) is 13.1 Å². The van der Waals surface area contributed by atoms with Crippen molar-refractivity contribution in [1.82, 2.24) is 4.90 Å². The van der Waals surface area contributed by atoms with Crippen LogP contribution in [0.15, 0.2) is 36.4 Å². The lowest BCUT2D eigenvalue weighted by molar-refractivity contribution is 0.185. The van der Waals surface area contributed by atoms with Gasteiger partial charge in [0, 0.05) is 16.8 Å². The van der Waals surface area contributed by atoms with E-state index < -0.39 is 0 Å². The second kappa shape index (κ2) is 5.72. The molecule has 1 fully saturated rings. The zero-order chi connectivity index (χ0) is 14.8. The van der Waals surface area contributed by atoms with E-state index >= 15 is 0 Å². The fourth-order valence-electron chi connectivity index (χ4n) is 2.81. The third-order valence-corrected chi connectivity index (χ3v) is 3.94. The Labute approximate surface area is 124 Å². The van der Waals surface area contributed by atoms with Crippen LogP contribution in [-0.2, 0) is 0 Å². The molecular formula is C17H17N2O2-. The molecule has 2 atom stereocenters. The minimum atomic E-state index is -0.325. The number of ether oxygens (including phenoxy) is 1. The SMILES string of the molecule is [CH2-]N1C[C@H](O)C[C@@H]1COc1ccc(C#N)c2ccccc12. The summed E-state index contributed by atoms with van der Waals surface area (Å²) in [5, 5.41) is 20.6. The number of hydrogen-bond acceptors (Lipinski definition) is 4. The molecule has 1 aliphatic rings. The minimum absolute atomic E-state index is 0.120. The van der Waals surface area contributed by atoms with Gasteiger partial charge in [0.1, 0.15) is 12.4 Å². The summed E-state index contributed by atoms with van der Waals surface area (Å²) in [6.45, 7) is 1.07. The van der Waals surface area contributed by atoms with Crippen molar-refractivity contribution in [2.75, 3.05) is 13.2 Å². The van der Waals surface area contributed by atoms with Crippen molar-refractivity contribution in [3.05, 3.63) is 49.0 Å². The van der Waals surface area contributed by atoms with E-state index in [1.165, 1.54) is 0 Å². The molecule has 1 N–H and O–H groups in total. The van der Waals surface area contributed by atoms with Gasteiger partial charge in [0.25, 0.3) is 0 Å². The number of likely N-dealkylation sites (tertiary alicyclic amines) is 1. The quantitative estimate of drug-likeness (QED) is 0.877. The first kappa shape index (κ1) is 13.9. The summed E-state index contributed by atoms with van der Waals surface area (Å²) in [6.07, 6.45) is 0.353. The van der Waals surface area contributed by atoms with Crippen molar-refractivity contribution in [1.29, 1.82) is 5.26 Å².